The van der Waals surface area contributed by atoms with Crippen LogP contribution >= 0.6 is 34.8 Å². The number of carboxylic acid groups (broad SMARTS) is 3. The molecule has 0 heterocycles. The Morgan fingerprint density at radius 3 is 0.789 bits per heavy atom. The van der Waals surface area contributed by atoms with Gasteiger partial charge in [0.25, 0.3) is 0 Å². The molecule has 0 bridgehead atoms. The standard InChI is InChI=1S/3C3H3ClO2.In/c3*4-2-1-3(5)6;/h3*1-2H,(H,5,6);/q;;;+3/p-3. The average molecular weight is 431 g/mol. The summed E-state index contributed by atoms with van der Waals surface area (Å²) in [6, 6.07) is 0. The smallest absolute Gasteiger partial charge is 0.545 e. The van der Waals surface area contributed by atoms with Crippen molar-refractivity contribution in [2.24, 2.45) is 0 Å². The number of hydrogen-bond donors (Lipinski definition) is 0. The summed E-state index contributed by atoms with van der Waals surface area (Å²) >= 11 is 14.4. The van der Waals surface area contributed by atoms with Gasteiger partial charge in [0, 0.05) is 16.6 Å². The first-order valence-corrected chi connectivity index (χ1v) is 5.05. The number of hydrogen-bond acceptors (Lipinski definition) is 6. The molecule has 10 heteroatoms. The van der Waals surface area contributed by atoms with Gasteiger partial charge in [-0.05, 0) is 18.2 Å². The molecular formula is C9H6Cl3InO6. The number of carbonyl (C=O) groups excluding carboxylic acids is 3. The second-order valence-corrected chi connectivity index (χ2v) is 2.59. The minimum Gasteiger partial charge on any atom is -0.545 e. The Morgan fingerprint density at radius 2 is 0.789 bits per heavy atom. The summed E-state index contributed by atoms with van der Waals surface area (Å²) in [6.45, 7) is 0. The quantitative estimate of drug-likeness (QED) is 0.481. The Hall–Kier alpha value is -0.630. The molecule has 0 saturated carbocycles. The summed E-state index contributed by atoms with van der Waals surface area (Å²) in [5.41, 5.74) is 2.65. The summed E-state index contributed by atoms with van der Waals surface area (Å²) in [5, 5.41) is 28.0. The zero-order valence-corrected chi connectivity index (χ0v) is 14.7. The molecule has 0 aliphatic heterocycles. The van der Waals surface area contributed by atoms with Crippen molar-refractivity contribution in [2.75, 3.05) is 0 Å². The van der Waals surface area contributed by atoms with Crippen LogP contribution in [0.25, 0.3) is 0 Å². The van der Waals surface area contributed by atoms with Crippen molar-refractivity contribution < 1.29 is 29.7 Å². The Kier molecular flexibility index (Phi) is 31.8. The molecule has 0 rings (SSSR count). The van der Waals surface area contributed by atoms with Crippen molar-refractivity contribution in [3.05, 3.63) is 34.8 Å². The molecule has 19 heavy (non-hydrogen) atoms. The number of halogens is 3. The van der Waals surface area contributed by atoms with E-state index in [0.717, 1.165) is 34.8 Å². The van der Waals surface area contributed by atoms with E-state index in [2.05, 4.69) is 0 Å². The van der Waals surface area contributed by atoms with Crippen LogP contribution in [0.3, 0.4) is 0 Å². The van der Waals surface area contributed by atoms with Crippen LogP contribution in [0.1, 0.15) is 0 Å². The Labute approximate surface area is 142 Å². The van der Waals surface area contributed by atoms with Gasteiger partial charge in [-0.3, -0.25) is 0 Å². The topological polar surface area (TPSA) is 120 Å². The van der Waals surface area contributed by atoms with E-state index in [1.165, 1.54) is 0 Å². The van der Waals surface area contributed by atoms with Crippen molar-refractivity contribution in [2.45, 2.75) is 0 Å². The molecule has 6 nitrogen and oxygen atoms in total. The fourth-order valence-corrected chi connectivity index (χ4v) is 0.463. The van der Waals surface area contributed by atoms with Crippen LogP contribution in [-0.2, 0) is 14.4 Å². The molecule has 0 saturated heterocycles. The molecule has 0 aromatic heterocycles. The Balaban J connectivity index is -0.0000000865. The van der Waals surface area contributed by atoms with Crippen molar-refractivity contribution in [1.29, 1.82) is 0 Å². The van der Waals surface area contributed by atoms with E-state index in [9.17, 15) is 29.7 Å². The van der Waals surface area contributed by atoms with Crippen LogP contribution in [0.5, 0.6) is 0 Å². The minimum atomic E-state index is -1.27. The maximum atomic E-state index is 9.32. The van der Waals surface area contributed by atoms with E-state index in [1.807, 2.05) is 0 Å². The van der Waals surface area contributed by atoms with E-state index in [1.54, 1.807) is 0 Å². The molecule has 0 spiro atoms. The first kappa shape index (κ1) is 26.8. The van der Waals surface area contributed by atoms with Gasteiger partial charge in [-0.15, -0.1) is 0 Å². The van der Waals surface area contributed by atoms with Gasteiger partial charge in [0.05, 0.1) is 17.9 Å². The van der Waals surface area contributed by atoms with Crippen LogP contribution in [0.15, 0.2) is 34.8 Å². The molecule has 0 aliphatic rings. The molecule has 0 aliphatic carbocycles. The molecular weight excluding hydrogens is 425 g/mol. The molecule has 0 aromatic carbocycles. The van der Waals surface area contributed by atoms with Crippen molar-refractivity contribution >= 4 is 78.6 Å². The Morgan fingerprint density at radius 1 is 0.632 bits per heavy atom. The SMILES string of the molecule is O=C([O-])C=CCl.O=C([O-])C=CCl.O=C([O-])C=CCl.[In+3]. The second-order valence-electron chi connectivity index (χ2n) is 1.84. The van der Waals surface area contributed by atoms with Crippen molar-refractivity contribution in [3.8, 4) is 0 Å². The van der Waals surface area contributed by atoms with Crippen LogP contribution in [0.4, 0.5) is 0 Å². The van der Waals surface area contributed by atoms with Crippen molar-refractivity contribution in [3.63, 3.8) is 0 Å². The maximum absolute atomic E-state index is 9.32. The van der Waals surface area contributed by atoms with Gasteiger partial charge in [0.2, 0.25) is 0 Å². The van der Waals surface area contributed by atoms with E-state index in [-0.39, 0.29) is 25.8 Å². The summed E-state index contributed by atoms with van der Waals surface area (Å²) < 4.78 is 0. The minimum absolute atomic E-state index is 0. The van der Waals surface area contributed by atoms with Crippen LogP contribution in [0, 0.1) is 0 Å². The fraction of sp³-hybridized carbons (Fsp3) is 0. The first-order chi connectivity index (χ1) is 8.31. The molecule has 0 amide bonds. The second kappa shape index (κ2) is 22.5. The summed E-state index contributed by atoms with van der Waals surface area (Å²) in [7, 11) is 0. The maximum Gasteiger partial charge on any atom is 3.00 e. The van der Waals surface area contributed by atoms with Crippen LogP contribution in [0.2, 0.25) is 0 Å². The average Bonchev–Trinajstić information content (AvgIpc) is 2.18. The third-order valence-electron chi connectivity index (χ3n) is 0.597. The summed E-state index contributed by atoms with van der Waals surface area (Å²) in [6.07, 6.45) is 2.21. The van der Waals surface area contributed by atoms with Gasteiger partial charge in [0.15, 0.2) is 0 Å². The van der Waals surface area contributed by atoms with Gasteiger partial charge < -0.3 is 29.7 Å². The van der Waals surface area contributed by atoms with E-state index < -0.39 is 17.9 Å². The molecule has 0 aromatic rings. The molecule has 102 valence electrons. The molecule has 0 unspecified atom stereocenters. The van der Waals surface area contributed by atoms with Crippen molar-refractivity contribution in [1.82, 2.24) is 0 Å². The number of rotatable bonds is 3. The van der Waals surface area contributed by atoms with Gasteiger partial charge in [0.1, 0.15) is 0 Å². The third-order valence-corrected chi connectivity index (χ3v) is 0.975. The number of carbonyl (C=O) groups is 3. The van der Waals surface area contributed by atoms with Gasteiger partial charge in [-0.25, -0.2) is 0 Å². The molecule has 0 N–H and O–H groups in total. The monoisotopic (exact) mass is 430 g/mol. The van der Waals surface area contributed by atoms with E-state index in [0.29, 0.717) is 0 Å². The number of aliphatic carboxylic acids is 3. The zero-order chi connectivity index (χ0) is 15.0. The Bertz CT molecular complexity index is 289. The molecule has 0 radical (unpaired) electrons. The van der Waals surface area contributed by atoms with E-state index >= 15 is 0 Å². The van der Waals surface area contributed by atoms with Gasteiger partial charge in [-0.2, -0.15) is 0 Å². The van der Waals surface area contributed by atoms with E-state index in [4.69, 9.17) is 34.8 Å². The van der Waals surface area contributed by atoms with Crippen LogP contribution < -0.4 is 15.3 Å². The third kappa shape index (κ3) is 58.6. The van der Waals surface area contributed by atoms with Crippen LogP contribution in [-0.4, -0.2) is 43.8 Å². The predicted octanol–water partition coefficient (Wildman–Crippen LogP) is -1.91. The number of carboxylic acids is 3. The molecule has 0 atom stereocenters. The fourth-order valence-electron chi connectivity index (χ4n) is 0.154. The largest absolute Gasteiger partial charge is 3.00 e. The summed E-state index contributed by atoms with van der Waals surface area (Å²) in [4.78, 5) is 28.0. The normalized spacial score (nSPS) is 9.00. The molecule has 0 fully saturated rings. The predicted molar refractivity (Wildman–Crippen MR) is 65.8 cm³/mol. The summed E-state index contributed by atoms with van der Waals surface area (Å²) in [5.74, 6) is -3.82. The first-order valence-electron chi connectivity index (χ1n) is 3.75. The van der Waals surface area contributed by atoms with Gasteiger partial charge in [-0.1, -0.05) is 34.8 Å². The zero-order valence-electron chi connectivity index (χ0n) is 9.12. The van der Waals surface area contributed by atoms with Gasteiger partial charge >= 0.3 is 25.8 Å².